The number of carbonyl (C=O) groups excluding carboxylic acids is 2. The summed E-state index contributed by atoms with van der Waals surface area (Å²) in [4.78, 5) is 32.3. The molecule has 0 spiro atoms. The third-order valence-electron chi connectivity index (χ3n) is 2.58. The van der Waals surface area contributed by atoms with Crippen molar-refractivity contribution in [2.24, 2.45) is 5.73 Å². The fourth-order valence-electron chi connectivity index (χ4n) is 1.53. The second-order valence-electron chi connectivity index (χ2n) is 4.10. The minimum Gasteiger partial charge on any atom is -0.475 e. The average molecular weight is 289 g/mol. The third kappa shape index (κ3) is 4.38. The van der Waals surface area contributed by atoms with Crippen molar-refractivity contribution < 1.29 is 39.2 Å². The van der Waals surface area contributed by atoms with Gasteiger partial charge in [-0.05, 0) is 0 Å². The van der Waals surface area contributed by atoms with E-state index in [2.05, 4.69) is 4.74 Å². The van der Waals surface area contributed by atoms with Gasteiger partial charge in [-0.3, -0.25) is 4.79 Å². The number of rotatable bonds is 5. The molecule has 1 rings (SSSR count). The summed E-state index contributed by atoms with van der Waals surface area (Å²) < 4.78 is 9.81. The van der Waals surface area contributed by atoms with Crippen LogP contribution < -0.4 is 5.73 Å². The van der Waals surface area contributed by atoms with E-state index in [1.54, 1.807) is 0 Å². The highest BCUT2D eigenvalue weighted by Crippen LogP contribution is 2.20. The molecule has 0 amide bonds. The van der Waals surface area contributed by atoms with Gasteiger partial charge in [-0.25, -0.2) is 9.59 Å². The number of nitrogens with two attached hydrogens (primary N) is 1. The predicted octanol–water partition coefficient (Wildman–Crippen LogP) is -2.46. The van der Waals surface area contributed by atoms with Crippen LogP contribution in [0.1, 0.15) is 6.42 Å². The van der Waals surface area contributed by atoms with Crippen LogP contribution in [0.25, 0.3) is 0 Å². The zero-order chi connectivity index (χ0) is 15.3. The Balaban J connectivity index is 2.59. The van der Waals surface area contributed by atoms with E-state index >= 15 is 0 Å². The molecule has 9 nitrogen and oxygen atoms in total. The second-order valence-corrected chi connectivity index (χ2v) is 4.10. The largest absolute Gasteiger partial charge is 0.475 e. The summed E-state index contributed by atoms with van der Waals surface area (Å²) in [6.45, 7) is 0.0607. The number of carboxylic acid groups (broad SMARTS) is 1. The Morgan fingerprint density at radius 2 is 1.95 bits per heavy atom. The first-order chi connectivity index (χ1) is 9.35. The van der Waals surface area contributed by atoms with Crippen molar-refractivity contribution in [1.82, 2.24) is 0 Å². The van der Waals surface area contributed by atoms with E-state index in [4.69, 9.17) is 15.6 Å². The molecule has 4 atom stereocenters. The molecule has 0 saturated carbocycles. The molecular formula is C11H15NO8. The quantitative estimate of drug-likeness (QED) is 0.245. The standard InChI is InChI=1S/C11H15NO8/c12-4-5-3-7(14)9(16)11(19-5)20-8(15)2-1-6(13)10(17)18/h1-2,5,7,9,11,14,16H,3-4,12H2,(H,17,18)/b2-1+. The van der Waals surface area contributed by atoms with Gasteiger partial charge in [-0.15, -0.1) is 0 Å². The molecular weight excluding hydrogens is 274 g/mol. The molecule has 0 bridgehead atoms. The monoisotopic (exact) mass is 289 g/mol. The van der Waals surface area contributed by atoms with Crippen LogP contribution in [0.5, 0.6) is 0 Å². The number of aliphatic hydroxyl groups is 2. The molecule has 0 aliphatic carbocycles. The Kier molecular flexibility index (Phi) is 5.77. The SMILES string of the molecule is NCC1CC(O)C(O)C(OC(=O)/C=C/C(=O)C(=O)O)O1. The number of ketones is 1. The highest BCUT2D eigenvalue weighted by molar-refractivity contribution is 6.37. The number of hydrogen-bond acceptors (Lipinski definition) is 8. The van der Waals surface area contributed by atoms with Crippen LogP contribution in [0, 0.1) is 0 Å². The van der Waals surface area contributed by atoms with Gasteiger partial charge < -0.3 is 30.5 Å². The van der Waals surface area contributed by atoms with Gasteiger partial charge in [-0.1, -0.05) is 0 Å². The topological polar surface area (TPSA) is 156 Å². The lowest BCUT2D eigenvalue weighted by atomic mass is 10.0. The van der Waals surface area contributed by atoms with Crippen molar-refractivity contribution in [3.63, 3.8) is 0 Å². The third-order valence-corrected chi connectivity index (χ3v) is 2.58. The highest BCUT2D eigenvalue weighted by atomic mass is 16.7. The van der Waals surface area contributed by atoms with E-state index in [1.165, 1.54) is 0 Å². The van der Waals surface area contributed by atoms with Gasteiger partial charge in [0.25, 0.3) is 5.78 Å². The smallest absolute Gasteiger partial charge is 0.376 e. The molecule has 0 aromatic rings. The fraction of sp³-hybridized carbons (Fsp3) is 0.545. The van der Waals surface area contributed by atoms with E-state index in [9.17, 15) is 24.6 Å². The van der Waals surface area contributed by atoms with Crippen LogP contribution in [-0.4, -0.2) is 64.2 Å². The first-order valence-corrected chi connectivity index (χ1v) is 5.72. The molecule has 9 heteroatoms. The Labute approximate surface area is 113 Å². The number of esters is 1. The van der Waals surface area contributed by atoms with Crippen LogP contribution in [0.3, 0.4) is 0 Å². The van der Waals surface area contributed by atoms with Crippen molar-refractivity contribution >= 4 is 17.7 Å². The lowest BCUT2D eigenvalue weighted by Gasteiger charge is -2.35. The molecule has 1 heterocycles. The van der Waals surface area contributed by atoms with Crippen molar-refractivity contribution in [3.05, 3.63) is 12.2 Å². The maximum atomic E-state index is 11.3. The molecule has 5 N–H and O–H groups in total. The maximum absolute atomic E-state index is 11.3. The first kappa shape index (κ1) is 16.2. The van der Waals surface area contributed by atoms with Gasteiger partial charge in [0.1, 0.15) is 6.10 Å². The van der Waals surface area contributed by atoms with E-state index in [-0.39, 0.29) is 13.0 Å². The predicted molar refractivity (Wildman–Crippen MR) is 62.2 cm³/mol. The van der Waals surface area contributed by atoms with Crippen LogP contribution in [-0.2, 0) is 23.9 Å². The molecule has 4 unspecified atom stereocenters. The lowest BCUT2D eigenvalue weighted by Crippen LogP contribution is -2.51. The normalized spacial score (nSPS) is 30.1. The highest BCUT2D eigenvalue weighted by Gasteiger charge is 2.38. The number of aliphatic carboxylic acids is 1. The molecule has 0 radical (unpaired) electrons. The van der Waals surface area contributed by atoms with Crippen molar-refractivity contribution in [2.75, 3.05) is 6.54 Å². The molecule has 1 aliphatic heterocycles. The minimum absolute atomic E-state index is 0.0607. The van der Waals surface area contributed by atoms with Crippen molar-refractivity contribution in [2.45, 2.75) is 31.0 Å². The fourth-order valence-corrected chi connectivity index (χ4v) is 1.53. The van der Waals surface area contributed by atoms with E-state index in [0.717, 1.165) is 0 Å². The summed E-state index contributed by atoms with van der Waals surface area (Å²) in [6.07, 6.45) is -3.45. The van der Waals surface area contributed by atoms with Gasteiger partial charge >= 0.3 is 11.9 Å². The summed E-state index contributed by atoms with van der Waals surface area (Å²) >= 11 is 0. The molecule has 1 fully saturated rings. The van der Waals surface area contributed by atoms with Gasteiger partial charge in [0.15, 0.2) is 0 Å². The zero-order valence-corrected chi connectivity index (χ0v) is 10.3. The molecule has 0 aromatic carbocycles. The number of hydrogen-bond donors (Lipinski definition) is 4. The summed E-state index contributed by atoms with van der Waals surface area (Å²) in [7, 11) is 0. The summed E-state index contributed by atoms with van der Waals surface area (Å²) in [6, 6.07) is 0. The van der Waals surface area contributed by atoms with Crippen molar-refractivity contribution in [1.29, 1.82) is 0 Å². The number of carbonyl (C=O) groups is 3. The lowest BCUT2D eigenvalue weighted by molar-refractivity contribution is -0.254. The second kappa shape index (κ2) is 7.10. The molecule has 0 aromatic heterocycles. The van der Waals surface area contributed by atoms with Crippen LogP contribution in [0.2, 0.25) is 0 Å². The number of carboxylic acids is 1. The van der Waals surface area contributed by atoms with Crippen LogP contribution in [0.4, 0.5) is 0 Å². The van der Waals surface area contributed by atoms with E-state index in [1.807, 2.05) is 0 Å². The number of ether oxygens (including phenoxy) is 2. The van der Waals surface area contributed by atoms with Crippen LogP contribution in [0.15, 0.2) is 12.2 Å². The molecule has 112 valence electrons. The Hall–Kier alpha value is -1.81. The summed E-state index contributed by atoms with van der Waals surface area (Å²) in [5, 5.41) is 27.4. The van der Waals surface area contributed by atoms with E-state index < -0.39 is 42.3 Å². The van der Waals surface area contributed by atoms with E-state index in [0.29, 0.717) is 12.2 Å². The van der Waals surface area contributed by atoms with Gasteiger partial charge in [-0.2, -0.15) is 0 Å². The van der Waals surface area contributed by atoms with Gasteiger partial charge in [0, 0.05) is 25.1 Å². The average Bonchev–Trinajstić information content (AvgIpc) is 2.40. The Bertz CT molecular complexity index is 421. The molecule has 20 heavy (non-hydrogen) atoms. The van der Waals surface area contributed by atoms with Gasteiger partial charge in [0.2, 0.25) is 6.29 Å². The maximum Gasteiger partial charge on any atom is 0.376 e. The van der Waals surface area contributed by atoms with Gasteiger partial charge in [0.05, 0.1) is 12.2 Å². The zero-order valence-electron chi connectivity index (χ0n) is 10.3. The van der Waals surface area contributed by atoms with Crippen molar-refractivity contribution in [3.8, 4) is 0 Å². The molecule has 1 saturated heterocycles. The minimum atomic E-state index is -1.72. The van der Waals surface area contributed by atoms with Crippen LogP contribution >= 0.6 is 0 Å². The number of aliphatic hydroxyl groups excluding tert-OH is 2. The summed E-state index contributed by atoms with van der Waals surface area (Å²) in [5.74, 6) is -4.11. The Morgan fingerprint density at radius 1 is 1.30 bits per heavy atom. The first-order valence-electron chi connectivity index (χ1n) is 5.72. The summed E-state index contributed by atoms with van der Waals surface area (Å²) in [5.41, 5.74) is 5.35. The molecule has 1 aliphatic rings. The Morgan fingerprint density at radius 3 is 2.50 bits per heavy atom.